The van der Waals surface area contributed by atoms with E-state index in [1.165, 1.54) is 7.11 Å². The van der Waals surface area contributed by atoms with Crippen molar-refractivity contribution in [1.29, 1.82) is 0 Å². The molecule has 4 N–H and O–H groups in total. The van der Waals surface area contributed by atoms with Crippen LogP contribution in [0.4, 0.5) is 4.79 Å². The van der Waals surface area contributed by atoms with E-state index in [9.17, 15) is 14.4 Å². The van der Waals surface area contributed by atoms with Gasteiger partial charge < -0.3 is 30.7 Å². The maximum atomic E-state index is 12.9. The summed E-state index contributed by atoms with van der Waals surface area (Å²) in [5, 5.41) is 12.6. The number of rotatable bonds is 16. The number of carbonyl (C=O) groups excluding carboxylic acids is 3. The molecule has 0 fully saturated rings. The van der Waals surface area contributed by atoms with Gasteiger partial charge >= 0.3 is 12.1 Å². The Bertz CT molecular complexity index is 843. The van der Waals surface area contributed by atoms with Gasteiger partial charge in [-0.2, -0.15) is 0 Å². The molecule has 0 bridgehead atoms. The molecule has 0 saturated carbocycles. The number of thiocarbonyl (C=S) groups is 2. The first-order valence-corrected chi connectivity index (χ1v) is 15.1. The van der Waals surface area contributed by atoms with E-state index in [1.54, 1.807) is 0 Å². The van der Waals surface area contributed by atoms with Gasteiger partial charge in [-0.15, -0.1) is 0 Å². The summed E-state index contributed by atoms with van der Waals surface area (Å²) >= 11 is 11.2. The highest BCUT2D eigenvalue weighted by atomic mass is 32.1. The zero-order valence-corrected chi connectivity index (χ0v) is 28.1. The quantitative estimate of drug-likeness (QED) is 0.142. The molecule has 4 atom stereocenters. The minimum absolute atomic E-state index is 0.0986. The van der Waals surface area contributed by atoms with Crippen molar-refractivity contribution >= 4 is 52.4 Å². The third-order valence-electron chi connectivity index (χ3n) is 6.13. The van der Waals surface area contributed by atoms with E-state index in [2.05, 4.69) is 35.1 Å². The van der Waals surface area contributed by atoms with Crippen molar-refractivity contribution in [3.63, 3.8) is 0 Å². The second kappa shape index (κ2) is 18.4. The smallest absolute Gasteiger partial charge is 0.407 e. The van der Waals surface area contributed by atoms with Gasteiger partial charge in [0.25, 0.3) is 0 Å². The molecule has 11 heteroatoms. The minimum atomic E-state index is -0.585. The summed E-state index contributed by atoms with van der Waals surface area (Å²) in [6.07, 6.45) is 1.67. The van der Waals surface area contributed by atoms with Crippen molar-refractivity contribution in [2.24, 2.45) is 17.8 Å². The van der Waals surface area contributed by atoms with Crippen LogP contribution in [0.2, 0.25) is 0 Å². The lowest BCUT2D eigenvalue weighted by Crippen LogP contribution is -2.46. The maximum Gasteiger partial charge on any atom is 0.407 e. The Labute approximate surface area is 253 Å². The average Bonchev–Trinajstić information content (AvgIpc) is 2.75. The molecule has 9 nitrogen and oxygen atoms in total. The minimum Gasteiger partial charge on any atom is -0.469 e. The van der Waals surface area contributed by atoms with Crippen LogP contribution in [0.3, 0.4) is 0 Å². The zero-order valence-electron chi connectivity index (χ0n) is 26.4. The molecule has 0 aliphatic carbocycles. The van der Waals surface area contributed by atoms with Gasteiger partial charge in [0.05, 0.1) is 23.5 Å². The van der Waals surface area contributed by atoms with Gasteiger partial charge in [0.2, 0.25) is 5.91 Å². The van der Waals surface area contributed by atoms with E-state index < -0.39 is 11.7 Å². The van der Waals surface area contributed by atoms with Gasteiger partial charge in [0, 0.05) is 43.4 Å². The first kappa shape index (κ1) is 38.0. The number of esters is 1. The number of carbonyl (C=O) groups is 3. The predicted molar refractivity (Wildman–Crippen MR) is 169 cm³/mol. The Morgan fingerprint density at radius 2 is 1.25 bits per heavy atom. The molecule has 0 aromatic carbocycles. The molecule has 0 unspecified atom stereocenters. The van der Waals surface area contributed by atoms with Crippen LogP contribution in [0, 0.1) is 17.8 Å². The molecule has 0 aromatic rings. The van der Waals surface area contributed by atoms with Gasteiger partial charge in [-0.05, 0) is 51.9 Å². The Hall–Kier alpha value is -2.01. The molecule has 2 amide bonds. The molecule has 0 aliphatic rings. The van der Waals surface area contributed by atoms with E-state index in [1.807, 2.05) is 55.4 Å². The highest BCUT2D eigenvalue weighted by Crippen LogP contribution is 2.14. The van der Waals surface area contributed by atoms with Crippen molar-refractivity contribution in [3.05, 3.63) is 0 Å². The Kier molecular flexibility index (Phi) is 17.5. The number of hydrogen-bond donors (Lipinski definition) is 4. The van der Waals surface area contributed by atoms with Crippen LogP contribution in [0.1, 0.15) is 101 Å². The summed E-state index contributed by atoms with van der Waals surface area (Å²) in [7, 11) is 1.37. The Morgan fingerprint density at radius 1 is 0.725 bits per heavy atom. The fourth-order valence-corrected chi connectivity index (χ4v) is 4.76. The van der Waals surface area contributed by atoms with Gasteiger partial charge in [-0.1, -0.05) is 66.0 Å². The van der Waals surface area contributed by atoms with E-state index in [0.717, 1.165) is 6.42 Å². The molecule has 0 spiro atoms. The van der Waals surface area contributed by atoms with Crippen LogP contribution in [0.15, 0.2) is 0 Å². The lowest BCUT2D eigenvalue weighted by Gasteiger charge is -2.27. The standard InChI is InChI=1S/C29H54N4O5S2/c1-17(2)12-21(14-25(39)32-23(19(5)6)16-27(35)37-11)31-24(34)13-20(7)30-26(40)15-22(18(3)4)33-28(36)38-29(8,9)10/h17-23H,12-16H2,1-11H3,(H,30,40)(H,31,34)(H,32,39)(H,33,36)/t20-,21-,22+,23+/m0/s1. The summed E-state index contributed by atoms with van der Waals surface area (Å²) in [6.45, 7) is 19.6. The highest BCUT2D eigenvalue weighted by Gasteiger charge is 2.24. The van der Waals surface area contributed by atoms with Crippen molar-refractivity contribution in [2.75, 3.05) is 7.11 Å². The zero-order chi connectivity index (χ0) is 31.2. The van der Waals surface area contributed by atoms with Crippen molar-refractivity contribution in [1.82, 2.24) is 21.3 Å². The number of ether oxygens (including phenoxy) is 2. The summed E-state index contributed by atoms with van der Waals surface area (Å²) in [6, 6.07) is -0.674. The molecule has 0 aliphatic heterocycles. The first-order valence-electron chi connectivity index (χ1n) is 14.3. The van der Waals surface area contributed by atoms with Crippen molar-refractivity contribution in [2.45, 2.75) is 131 Å². The molecule has 40 heavy (non-hydrogen) atoms. The lowest BCUT2D eigenvalue weighted by molar-refractivity contribution is -0.141. The van der Waals surface area contributed by atoms with E-state index in [0.29, 0.717) is 28.7 Å². The molecular weight excluding hydrogens is 548 g/mol. The summed E-state index contributed by atoms with van der Waals surface area (Å²) in [4.78, 5) is 38.2. The lowest BCUT2D eigenvalue weighted by atomic mass is 9.98. The normalized spacial score (nSPS) is 14.7. The molecule has 232 valence electrons. The van der Waals surface area contributed by atoms with Gasteiger partial charge in [-0.25, -0.2) is 4.79 Å². The summed E-state index contributed by atoms with van der Waals surface area (Å²) in [5.74, 6) is 0.292. The van der Waals surface area contributed by atoms with Crippen molar-refractivity contribution in [3.8, 4) is 0 Å². The number of amides is 2. The number of nitrogens with one attached hydrogen (secondary N) is 4. The van der Waals surface area contributed by atoms with Gasteiger partial charge in [0.15, 0.2) is 0 Å². The van der Waals surface area contributed by atoms with Gasteiger partial charge in [0.1, 0.15) is 5.60 Å². The fraction of sp³-hybridized carbons (Fsp3) is 0.828. The topological polar surface area (TPSA) is 118 Å². The fourth-order valence-electron chi connectivity index (χ4n) is 4.03. The Morgan fingerprint density at radius 3 is 1.73 bits per heavy atom. The predicted octanol–water partition coefficient (Wildman–Crippen LogP) is 5.05. The molecular formula is C29H54N4O5S2. The number of alkyl carbamates (subject to hydrolysis) is 1. The largest absolute Gasteiger partial charge is 0.469 e. The molecule has 0 radical (unpaired) electrons. The van der Waals surface area contributed by atoms with Crippen molar-refractivity contribution < 1.29 is 23.9 Å². The van der Waals surface area contributed by atoms with Crippen LogP contribution >= 0.6 is 24.4 Å². The Balaban J connectivity index is 5.00. The third-order valence-corrected chi connectivity index (χ3v) is 6.70. The molecule has 0 aromatic heterocycles. The van der Waals surface area contributed by atoms with Crippen LogP contribution in [0.5, 0.6) is 0 Å². The van der Waals surface area contributed by atoms with E-state index in [-0.39, 0.29) is 60.7 Å². The summed E-state index contributed by atoms with van der Waals surface area (Å²) < 4.78 is 10.2. The summed E-state index contributed by atoms with van der Waals surface area (Å²) in [5.41, 5.74) is -0.585. The SMILES string of the molecule is COC(=O)C[C@@H](NC(=S)C[C@H](CC(C)C)NC(=O)C[C@H](C)NC(=S)C[C@@H](NC(=O)OC(C)(C)C)C(C)C)C(C)C. The monoisotopic (exact) mass is 602 g/mol. The number of hydrogen-bond acceptors (Lipinski definition) is 7. The third kappa shape index (κ3) is 18.4. The van der Waals surface area contributed by atoms with Gasteiger partial charge in [-0.3, -0.25) is 9.59 Å². The maximum absolute atomic E-state index is 12.9. The van der Waals surface area contributed by atoms with Crippen LogP contribution in [-0.2, 0) is 19.1 Å². The van der Waals surface area contributed by atoms with Crippen LogP contribution in [-0.4, -0.2) is 64.8 Å². The second-order valence-corrected chi connectivity index (χ2v) is 13.7. The van der Waals surface area contributed by atoms with E-state index in [4.69, 9.17) is 33.9 Å². The molecule has 0 saturated heterocycles. The van der Waals surface area contributed by atoms with Crippen LogP contribution < -0.4 is 21.3 Å². The number of methoxy groups -OCH3 is 1. The first-order chi connectivity index (χ1) is 18.3. The van der Waals surface area contributed by atoms with Crippen LogP contribution in [0.25, 0.3) is 0 Å². The molecule has 0 heterocycles. The highest BCUT2D eigenvalue weighted by molar-refractivity contribution is 7.80. The second-order valence-electron chi connectivity index (χ2n) is 12.7. The molecule has 0 rings (SSSR count). The van der Waals surface area contributed by atoms with E-state index >= 15 is 0 Å². The average molecular weight is 603 g/mol.